The molecule has 0 unspecified atom stereocenters. The van der Waals surface area contributed by atoms with Crippen molar-refractivity contribution in [3.05, 3.63) is 95.3 Å². The van der Waals surface area contributed by atoms with Crippen LogP contribution in [0.5, 0.6) is 0 Å². The van der Waals surface area contributed by atoms with Gasteiger partial charge in [-0.15, -0.1) is 0 Å². The molecule has 0 radical (unpaired) electrons. The highest BCUT2D eigenvalue weighted by Gasteiger charge is 2.17. The van der Waals surface area contributed by atoms with E-state index in [4.69, 9.17) is 4.98 Å². The van der Waals surface area contributed by atoms with Crippen LogP contribution in [0.1, 0.15) is 28.8 Å². The number of ketones is 1. The molecule has 4 aromatic rings. The summed E-state index contributed by atoms with van der Waals surface area (Å²) < 4.78 is 2.07. The highest BCUT2D eigenvalue weighted by Crippen LogP contribution is 2.26. The minimum atomic E-state index is 0.237. The van der Waals surface area contributed by atoms with E-state index in [0.717, 1.165) is 34.6 Å². The summed E-state index contributed by atoms with van der Waals surface area (Å²) in [5.41, 5.74) is 7.37. The molecular formula is C25H24N2O. The fourth-order valence-electron chi connectivity index (χ4n) is 3.51. The monoisotopic (exact) mass is 368 g/mol. The molecule has 2 aromatic heterocycles. The minimum Gasteiger partial charge on any atom is -0.303 e. The van der Waals surface area contributed by atoms with Crippen molar-refractivity contribution in [2.45, 2.75) is 33.1 Å². The zero-order chi connectivity index (χ0) is 19.5. The molecule has 0 saturated heterocycles. The first-order valence-electron chi connectivity index (χ1n) is 9.70. The molecule has 2 heterocycles. The molecule has 0 aliphatic heterocycles. The van der Waals surface area contributed by atoms with Gasteiger partial charge in [0.05, 0.1) is 11.4 Å². The number of hydrogen-bond donors (Lipinski definition) is 0. The van der Waals surface area contributed by atoms with Gasteiger partial charge in [-0.3, -0.25) is 4.79 Å². The van der Waals surface area contributed by atoms with Crippen LogP contribution >= 0.6 is 0 Å². The smallest absolute Gasteiger partial charge is 0.139 e. The average Bonchev–Trinajstić information content (AvgIpc) is 3.05. The summed E-state index contributed by atoms with van der Waals surface area (Å²) in [5.74, 6) is 0.237. The highest BCUT2D eigenvalue weighted by atomic mass is 16.1. The summed E-state index contributed by atoms with van der Waals surface area (Å²) >= 11 is 0. The van der Waals surface area contributed by atoms with Crippen molar-refractivity contribution >= 4 is 11.4 Å². The molecule has 0 spiro atoms. The normalized spacial score (nSPS) is 11.1. The summed E-state index contributed by atoms with van der Waals surface area (Å²) in [5, 5.41) is 0. The standard InChI is InChI=1S/C25H24N2O/c1-18-8-12-21(13-9-18)25-23(27-17-19(2)10-15-24(27)26-25)16-22(28)14-11-20-6-4-3-5-7-20/h3-10,12-13,15,17H,11,14,16H2,1-2H3. The third-order valence-corrected chi connectivity index (χ3v) is 5.09. The van der Waals surface area contributed by atoms with Crippen LogP contribution in [-0.4, -0.2) is 15.2 Å². The molecule has 0 amide bonds. The van der Waals surface area contributed by atoms with Crippen LogP contribution in [0, 0.1) is 13.8 Å². The van der Waals surface area contributed by atoms with Crippen molar-refractivity contribution in [1.29, 1.82) is 0 Å². The molecular weight excluding hydrogens is 344 g/mol. The van der Waals surface area contributed by atoms with E-state index in [1.807, 2.05) is 24.3 Å². The number of fused-ring (bicyclic) bond motifs is 1. The van der Waals surface area contributed by atoms with Crippen LogP contribution in [0.4, 0.5) is 0 Å². The van der Waals surface area contributed by atoms with Crippen LogP contribution in [-0.2, 0) is 17.6 Å². The molecule has 0 aliphatic rings. The molecule has 4 rings (SSSR count). The summed E-state index contributed by atoms with van der Waals surface area (Å²) in [6.07, 6.45) is 3.77. The number of nitrogens with zero attached hydrogens (tertiary/aromatic N) is 2. The number of imidazole rings is 1. The first-order chi connectivity index (χ1) is 13.6. The third kappa shape index (κ3) is 3.89. The maximum Gasteiger partial charge on any atom is 0.139 e. The van der Waals surface area contributed by atoms with Crippen molar-refractivity contribution in [1.82, 2.24) is 9.38 Å². The first kappa shape index (κ1) is 18.2. The minimum absolute atomic E-state index is 0.237. The number of rotatable bonds is 6. The fourth-order valence-corrected chi connectivity index (χ4v) is 3.51. The first-order valence-corrected chi connectivity index (χ1v) is 9.70. The molecule has 0 bridgehead atoms. The largest absolute Gasteiger partial charge is 0.303 e. The molecule has 3 nitrogen and oxygen atoms in total. The van der Waals surface area contributed by atoms with Gasteiger partial charge in [-0.05, 0) is 37.5 Å². The van der Waals surface area contributed by atoms with E-state index in [2.05, 4.69) is 66.9 Å². The molecule has 0 saturated carbocycles. The Balaban J connectivity index is 1.66. The Bertz CT molecular complexity index is 1110. The molecule has 140 valence electrons. The van der Waals surface area contributed by atoms with E-state index in [1.165, 1.54) is 11.1 Å². The SMILES string of the molecule is Cc1ccc(-c2nc3ccc(C)cn3c2CC(=O)CCc2ccccc2)cc1. The summed E-state index contributed by atoms with van der Waals surface area (Å²) in [4.78, 5) is 17.6. The Kier molecular flexibility index (Phi) is 5.07. The summed E-state index contributed by atoms with van der Waals surface area (Å²) in [7, 11) is 0. The Labute approximate surface area is 165 Å². The number of aromatic nitrogens is 2. The average molecular weight is 368 g/mol. The van der Waals surface area contributed by atoms with E-state index < -0.39 is 0 Å². The van der Waals surface area contributed by atoms with E-state index in [-0.39, 0.29) is 5.78 Å². The van der Waals surface area contributed by atoms with Crippen LogP contribution in [0.2, 0.25) is 0 Å². The molecule has 0 fully saturated rings. The lowest BCUT2D eigenvalue weighted by Gasteiger charge is -2.07. The lowest BCUT2D eigenvalue weighted by atomic mass is 10.0. The quantitative estimate of drug-likeness (QED) is 0.459. The van der Waals surface area contributed by atoms with Gasteiger partial charge in [0.2, 0.25) is 0 Å². The second-order valence-corrected chi connectivity index (χ2v) is 7.41. The van der Waals surface area contributed by atoms with E-state index in [0.29, 0.717) is 12.8 Å². The van der Waals surface area contributed by atoms with E-state index >= 15 is 0 Å². The van der Waals surface area contributed by atoms with E-state index in [1.54, 1.807) is 0 Å². The number of pyridine rings is 1. The lowest BCUT2D eigenvalue weighted by Crippen LogP contribution is -2.08. The van der Waals surface area contributed by atoms with Gasteiger partial charge in [-0.1, -0.05) is 66.2 Å². The van der Waals surface area contributed by atoms with Crippen LogP contribution in [0.3, 0.4) is 0 Å². The predicted molar refractivity (Wildman–Crippen MR) is 114 cm³/mol. The molecule has 3 heteroatoms. The number of carbonyl (C=O) groups excluding carboxylic acids is 1. The maximum absolute atomic E-state index is 12.8. The molecule has 28 heavy (non-hydrogen) atoms. The number of benzene rings is 2. The predicted octanol–water partition coefficient (Wildman–Crippen LogP) is 5.36. The fraction of sp³-hybridized carbons (Fsp3) is 0.200. The van der Waals surface area contributed by atoms with Gasteiger partial charge >= 0.3 is 0 Å². The van der Waals surface area contributed by atoms with Gasteiger partial charge in [-0.2, -0.15) is 0 Å². The second kappa shape index (κ2) is 7.81. The Morgan fingerprint density at radius 3 is 2.36 bits per heavy atom. The van der Waals surface area contributed by atoms with Gasteiger partial charge in [0.25, 0.3) is 0 Å². The van der Waals surface area contributed by atoms with Gasteiger partial charge in [0.1, 0.15) is 11.4 Å². The van der Waals surface area contributed by atoms with Crippen molar-refractivity contribution < 1.29 is 4.79 Å². The number of hydrogen-bond acceptors (Lipinski definition) is 2. The van der Waals surface area contributed by atoms with Crippen molar-refractivity contribution in [3.8, 4) is 11.3 Å². The summed E-state index contributed by atoms with van der Waals surface area (Å²) in [6, 6.07) is 22.6. The Morgan fingerprint density at radius 1 is 0.893 bits per heavy atom. The van der Waals surface area contributed by atoms with Crippen LogP contribution in [0.15, 0.2) is 72.9 Å². The van der Waals surface area contributed by atoms with Gasteiger partial charge < -0.3 is 4.40 Å². The van der Waals surface area contributed by atoms with Crippen LogP contribution < -0.4 is 0 Å². The molecule has 0 atom stereocenters. The molecule has 0 aliphatic carbocycles. The zero-order valence-corrected chi connectivity index (χ0v) is 16.4. The molecule has 0 N–H and O–H groups in total. The van der Waals surface area contributed by atoms with Crippen molar-refractivity contribution in [2.75, 3.05) is 0 Å². The molecule has 2 aromatic carbocycles. The van der Waals surface area contributed by atoms with Crippen molar-refractivity contribution in [3.63, 3.8) is 0 Å². The van der Waals surface area contributed by atoms with Crippen molar-refractivity contribution in [2.24, 2.45) is 0 Å². The van der Waals surface area contributed by atoms with Gasteiger partial charge in [0, 0.05) is 24.6 Å². The number of carbonyl (C=O) groups is 1. The third-order valence-electron chi connectivity index (χ3n) is 5.09. The highest BCUT2D eigenvalue weighted by molar-refractivity contribution is 5.83. The topological polar surface area (TPSA) is 34.4 Å². The van der Waals surface area contributed by atoms with Gasteiger partial charge in [0.15, 0.2) is 0 Å². The van der Waals surface area contributed by atoms with Crippen LogP contribution in [0.25, 0.3) is 16.9 Å². The number of aryl methyl sites for hydroxylation is 3. The summed E-state index contributed by atoms with van der Waals surface area (Å²) in [6.45, 7) is 4.14. The zero-order valence-electron chi connectivity index (χ0n) is 16.4. The number of Topliss-reactive ketones (excluding diaryl/α,β-unsaturated/α-hetero) is 1. The second-order valence-electron chi connectivity index (χ2n) is 7.41. The maximum atomic E-state index is 12.8. The lowest BCUT2D eigenvalue weighted by molar-refractivity contribution is -0.118. The van der Waals surface area contributed by atoms with E-state index in [9.17, 15) is 4.79 Å². The van der Waals surface area contributed by atoms with Gasteiger partial charge in [-0.25, -0.2) is 4.98 Å². The Hall–Kier alpha value is -3.20. The Morgan fingerprint density at radius 2 is 1.61 bits per heavy atom.